The third-order valence-corrected chi connectivity index (χ3v) is 3.72. The number of fused-ring (bicyclic) bond motifs is 1. The van der Waals surface area contributed by atoms with Crippen molar-refractivity contribution in [2.24, 2.45) is 0 Å². The Morgan fingerprint density at radius 1 is 1.23 bits per heavy atom. The number of rotatable bonds is 5. The van der Waals surface area contributed by atoms with Gasteiger partial charge < -0.3 is 10.1 Å². The van der Waals surface area contributed by atoms with Crippen LogP contribution in [0.5, 0.6) is 5.75 Å². The molecule has 3 aromatic rings. The van der Waals surface area contributed by atoms with E-state index in [0.29, 0.717) is 22.5 Å². The van der Waals surface area contributed by atoms with E-state index in [1.54, 1.807) is 43.6 Å². The zero-order valence-electron chi connectivity index (χ0n) is 13.9. The van der Waals surface area contributed by atoms with Gasteiger partial charge in [0.2, 0.25) is 5.91 Å². The van der Waals surface area contributed by atoms with E-state index in [1.807, 2.05) is 6.07 Å². The molecular formula is C19H15N3O4. The van der Waals surface area contributed by atoms with Crippen molar-refractivity contribution in [2.45, 2.75) is 0 Å². The van der Waals surface area contributed by atoms with Crippen LogP contribution in [0.25, 0.3) is 17.0 Å². The fourth-order valence-electron chi connectivity index (χ4n) is 2.51. The topological polar surface area (TPSA) is 94.4 Å². The average Bonchev–Trinajstić information content (AvgIpc) is 2.67. The molecule has 1 aromatic heterocycles. The van der Waals surface area contributed by atoms with Crippen LogP contribution in [0, 0.1) is 10.1 Å². The summed E-state index contributed by atoms with van der Waals surface area (Å²) in [6.07, 6.45) is 4.50. The monoisotopic (exact) mass is 349 g/mol. The first-order valence-corrected chi connectivity index (χ1v) is 7.74. The van der Waals surface area contributed by atoms with Gasteiger partial charge in [0.15, 0.2) is 0 Å². The van der Waals surface area contributed by atoms with E-state index in [1.165, 1.54) is 24.3 Å². The largest absolute Gasteiger partial charge is 0.494 e. The van der Waals surface area contributed by atoms with Crippen molar-refractivity contribution in [3.63, 3.8) is 0 Å². The Morgan fingerprint density at radius 2 is 2.08 bits per heavy atom. The predicted octanol–water partition coefficient (Wildman–Crippen LogP) is 3.80. The van der Waals surface area contributed by atoms with Gasteiger partial charge in [0.05, 0.1) is 17.7 Å². The number of hydrogen-bond donors (Lipinski definition) is 1. The third kappa shape index (κ3) is 3.67. The number of nitrogens with one attached hydrogen (secondary N) is 1. The summed E-state index contributed by atoms with van der Waals surface area (Å²) in [7, 11) is 1.56. The molecule has 0 bridgehead atoms. The summed E-state index contributed by atoms with van der Waals surface area (Å²) in [6, 6.07) is 13.1. The van der Waals surface area contributed by atoms with Crippen molar-refractivity contribution in [2.75, 3.05) is 12.4 Å². The highest BCUT2D eigenvalue weighted by molar-refractivity contribution is 6.07. The fourth-order valence-corrected chi connectivity index (χ4v) is 2.51. The number of amides is 1. The second-order valence-electron chi connectivity index (χ2n) is 5.39. The highest BCUT2D eigenvalue weighted by atomic mass is 16.6. The molecule has 1 amide bonds. The number of methoxy groups -OCH3 is 1. The zero-order chi connectivity index (χ0) is 18.5. The van der Waals surface area contributed by atoms with E-state index >= 15 is 0 Å². The molecule has 0 aliphatic rings. The van der Waals surface area contributed by atoms with Gasteiger partial charge in [-0.1, -0.05) is 12.1 Å². The van der Waals surface area contributed by atoms with Crippen molar-refractivity contribution in [3.8, 4) is 5.75 Å². The number of nitro benzene ring substituents is 1. The van der Waals surface area contributed by atoms with Crippen LogP contribution in [0.1, 0.15) is 5.56 Å². The van der Waals surface area contributed by atoms with Crippen LogP contribution in [0.3, 0.4) is 0 Å². The smallest absolute Gasteiger partial charge is 0.270 e. The number of benzene rings is 2. The molecule has 0 saturated carbocycles. The van der Waals surface area contributed by atoms with Gasteiger partial charge in [-0.05, 0) is 35.9 Å². The maximum absolute atomic E-state index is 12.2. The number of ether oxygens (including phenoxy) is 1. The van der Waals surface area contributed by atoms with Gasteiger partial charge in [-0.2, -0.15) is 0 Å². The summed E-state index contributed by atoms with van der Waals surface area (Å²) >= 11 is 0. The van der Waals surface area contributed by atoms with Gasteiger partial charge in [-0.25, -0.2) is 0 Å². The van der Waals surface area contributed by atoms with Crippen LogP contribution < -0.4 is 10.1 Å². The van der Waals surface area contributed by atoms with Gasteiger partial charge in [-0.3, -0.25) is 19.9 Å². The first-order chi connectivity index (χ1) is 12.6. The number of nitro groups is 1. The molecule has 0 saturated heterocycles. The summed E-state index contributed by atoms with van der Waals surface area (Å²) in [5, 5.41) is 14.3. The maximum atomic E-state index is 12.2. The molecule has 0 aliphatic heterocycles. The molecule has 0 unspecified atom stereocenters. The molecule has 0 atom stereocenters. The van der Waals surface area contributed by atoms with E-state index in [0.717, 1.165) is 5.39 Å². The van der Waals surface area contributed by atoms with Crippen LogP contribution >= 0.6 is 0 Å². The Hall–Kier alpha value is -3.74. The third-order valence-electron chi connectivity index (χ3n) is 3.72. The number of pyridine rings is 1. The zero-order valence-corrected chi connectivity index (χ0v) is 13.9. The molecular weight excluding hydrogens is 334 g/mol. The second-order valence-corrected chi connectivity index (χ2v) is 5.39. The quantitative estimate of drug-likeness (QED) is 0.429. The lowest BCUT2D eigenvalue weighted by Crippen LogP contribution is -2.08. The first kappa shape index (κ1) is 17.1. The second kappa shape index (κ2) is 7.43. The van der Waals surface area contributed by atoms with Gasteiger partial charge >= 0.3 is 0 Å². The summed E-state index contributed by atoms with van der Waals surface area (Å²) in [6.45, 7) is 0. The average molecular weight is 349 g/mol. The summed E-state index contributed by atoms with van der Waals surface area (Å²) in [4.78, 5) is 26.8. The van der Waals surface area contributed by atoms with Crippen LogP contribution in [-0.4, -0.2) is 22.9 Å². The van der Waals surface area contributed by atoms with Gasteiger partial charge in [0.1, 0.15) is 11.3 Å². The minimum Gasteiger partial charge on any atom is -0.494 e. The SMILES string of the molecule is COc1ccc(NC(=O)/C=C/c2cccc([N+](=O)[O-])c2)c2cccnc12. The highest BCUT2D eigenvalue weighted by Gasteiger charge is 2.09. The fraction of sp³-hybridized carbons (Fsp3) is 0.0526. The van der Waals surface area contributed by atoms with Crippen molar-refractivity contribution in [1.29, 1.82) is 0 Å². The van der Waals surface area contributed by atoms with Crippen molar-refractivity contribution in [1.82, 2.24) is 4.98 Å². The van der Waals surface area contributed by atoms with Crippen LogP contribution in [0.15, 0.2) is 60.8 Å². The highest BCUT2D eigenvalue weighted by Crippen LogP contribution is 2.29. The lowest BCUT2D eigenvalue weighted by molar-refractivity contribution is -0.384. The number of carbonyl (C=O) groups excluding carboxylic acids is 1. The molecule has 0 fully saturated rings. The van der Waals surface area contributed by atoms with Crippen LogP contribution in [0.4, 0.5) is 11.4 Å². The minimum absolute atomic E-state index is 0.0280. The van der Waals surface area contributed by atoms with Crippen molar-refractivity contribution >= 4 is 34.3 Å². The van der Waals surface area contributed by atoms with Gasteiger partial charge in [-0.15, -0.1) is 0 Å². The molecule has 7 nitrogen and oxygen atoms in total. The molecule has 0 radical (unpaired) electrons. The Labute approximate surface area is 149 Å². The number of aromatic nitrogens is 1. The Kier molecular flexibility index (Phi) is 4.89. The van der Waals surface area contributed by atoms with E-state index in [9.17, 15) is 14.9 Å². The molecule has 1 N–H and O–H groups in total. The number of nitrogens with zero attached hydrogens (tertiary/aromatic N) is 2. The van der Waals surface area contributed by atoms with E-state index in [-0.39, 0.29) is 11.6 Å². The summed E-state index contributed by atoms with van der Waals surface area (Å²) < 4.78 is 5.28. The van der Waals surface area contributed by atoms with Gasteiger partial charge in [0.25, 0.3) is 5.69 Å². The number of non-ortho nitro benzene ring substituents is 1. The molecule has 3 rings (SSSR count). The number of carbonyl (C=O) groups is 1. The molecule has 1 heterocycles. The summed E-state index contributed by atoms with van der Waals surface area (Å²) in [5.74, 6) is 0.262. The van der Waals surface area contributed by atoms with E-state index < -0.39 is 4.92 Å². The Morgan fingerprint density at radius 3 is 2.85 bits per heavy atom. The molecule has 0 spiro atoms. The molecule has 0 aliphatic carbocycles. The maximum Gasteiger partial charge on any atom is 0.270 e. The van der Waals surface area contributed by atoms with Crippen molar-refractivity contribution in [3.05, 3.63) is 76.5 Å². The molecule has 130 valence electrons. The van der Waals surface area contributed by atoms with E-state index in [2.05, 4.69) is 10.3 Å². The lowest BCUT2D eigenvalue weighted by Gasteiger charge is -2.09. The van der Waals surface area contributed by atoms with E-state index in [4.69, 9.17) is 4.74 Å². The Balaban J connectivity index is 1.82. The lowest BCUT2D eigenvalue weighted by atomic mass is 10.1. The van der Waals surface area contributed by atoms with Crippen LogP contribution in [0.2, 0.25) is 0 Å². The standard InChI is InChI=1S/C19H15N3O4/c1-26-17-9-8-16(15-6-3-11-20-19(15)17)21-18(23)10-7-13-4-2-5-14(12-13)22(24)25/h2-12H,1H3,(H,21,23)/b10-7+. The Bertz CT molecular complexity index is 1010. The minimum atomic E-state index is -0.478. The van der Waals surface area contributed by atoms with Crippen molar-refractivity contribution < 1.29 is 14.5 Å². The number of anilines is 1. The molecule has 2 aromatic carbocycles. The van der Waals surface area contributed by atoms with Crippen LogP contribution in [-0.2, 0) is 4.79 Å². The normalized spacial score (nSPS) is 10.8. The van der Waals surface area contributed by atoms with Gasteiger partial charge in [0, 0.05) is 29.8 Å². The first-order valence-electron chi connectivity index (χ1n) is 7.74. The molecule has 26 heavy (non-hydrogen) atoms. The predicted molar refractivity (Wildman–Crippen MR) is 99.1 cm³/mol. The summed E-state index contributed by atoms with van der Waals surface area (Å²) in [5.41, 5.74) is 1.79. The number of hydrogen-bond acceptors (Lipinski definition) is 5. The molecule has 7 heteroatoms.